The van der Waals surface area contributed by atoms with Crippen molar-refractivity contribution in [3.05, 3.63) is 10.4 Å². The lowest BCUT2D eigenvalue weighted by molar-refractivity contribution is 0.0972. The zero-order chi connectivity index (χ0) is 14.1. The van der Waals surface area contributed by atoms with Crippen LogP contribution in [0.5, 0.6) is 0 Å². The van der Waals surface area contributed by atoms with Crippen molar-refractivity contribution in [2.75, 3.05) is 30.8 Å². The maximum Gasteiger partial charge on any atom is 0.178 e. The summed E-state index contributed by atoms with van der Waals surface area (Å²) in [7, 11) is 0. The smallest absolute Gasteiger partial charge is 0.178 e. The van der Waals surface area contributed by atoms with E-state index in [0.29, 0.717) is 12.5 Å². The van der Waals surface area contributed by atoms with Gasteiger partial charge >= 0.3 is 0 Å². The van der Waals surface area contributed by atoms with Crippen molar-refractivity contribution >= 4 is 27.8 Å². The van der Waals surface area contributed by atoms with E-state index >= 15 is 0 Å². The Bertz CT molecular complexity index is 504. The summed E-state index contributed by atoms with van der Waals surface area (Å²) >= 11 is 1.55. The summed E-state index contributed by atoms with van der Waals surface area (Å²) < 4.78 is 5.35. The lowest BCUT2D eigenvalue weighted by atomic mass is 10.1. The summed E-state index contributed by atoms with van der Waals surface area (Å²) in [6.07, 6.45) is 4.44. The Kier molecular flexibility index (Phi) is 3.98. The Morgan fingerprint density at radius 2 is 2.15 bits per heavy atom. The second-order valence-corrected chi connectivity index (χ2v) is 6.64. The topological polar surface area (TPSA) is 64.3 Å². The molecule has 4 nitrogen and oxygen atoms in total. The van der Waals surface area contributed by atoms with Gasteiger partial charge in [0.15, 0.2) is 5.78 Å². The van der Waals surface area contributed by atoms with Crippen LogP contribution in [0.3, 0.4) is 0 Å². The SMILES string of the molecule is CCOCCNc1sc(C(=O)C2CC2)c(N)c1C1CC1. The van der Waals surface area contributed by atoms with Crippen molar-refractivity contribution in [3.8, 4) is 0 Å². The first-order valence-corrected chi connectivity index (χ1v) is 8.32. The largest absolute Gasteiger partial charge is 0.397 e. The maximum atomic E-state index is 12.3. The second-order valence-electron chi connectivity index (χ2n) is 5.62. The maximum absolute atomic E-state index is 12.3. The number of hydrogen-bond acceptors (Lipinski definition) is 5. The number of nitrogen functional groups attached to an aromatic ring is 1. The number of ketones is 1. The molecule has 0 bridgehead atoms. The minimum absolute atomic E-state index is 0.235. The molecular weight excluding hydrogens is 272 g/mol. The zero-order valence-electron chi connectivity index (χ0n) is 11.9. The number of nitrogens with two attached hydrogens (primary N) is 1. The molecule has 0 radical (unpaired) electrons. The molecule has 0 unspecified atom stereocenters. The number of hydrogen-bond donors (Lipinski definition) is 2. The van der Waals surface area contributed by atoms with Gasteiger partial charge in [-0.1, -0.05) is 0 Å². The molecule has 3 N–H and O–H groups in total. The van der Waals surface area contributed by atoms with Gasteiger partial charge in [0.1, 0.15) is 0 Å². The summed E-state index contributed by atoms with van der Waals surface area (Å²) in [4.78, 5) is 13.1. The van der Waals surface area contributed by atoms with Gasteiger partial charge in [-0.25, -0.2) is 0 Å². The third kappa shape index (κ3) is 2.83. The number of carbonyl (C=O) groups is 1. The first-order valence-electron chi connectivity index (χ1n) is 7.50. The van der Waals surface area contributed by atoms with Crippen molar-refractivity contribution in [1.29, 1.82) is 0 Å². The number of anilines is 2. The summed E-state index contributed by atoms with van der Waals surface area (Å²) in [6, 6.07) is 0. The van der Waals surface area contributed by atoms with Crippen LogP contribution in [0.1, 0.15) is 53.8 Å². The number of Topliss-reactive ketones (excluding diaryl/α,β-unsaturated/α-hetero) is 1. The van der Waals surface area contributed by atoms with Crippen LogP contribution in [0.2, 0.25) is 0 Å². The van der Waals surface area contributed by atoms with Crippen molar-refractivity contribution in [1.82, 2.24) is 0 Å². The van der Waals surface area contributed by atoms with E-state index in [1.54, 1.807) is 11.3 Å². The fourth-order valence-corrected chi connectivity index (χ4v) is 3.71. The molecule has 1 aromatic heterocycles. The van der Waals surface area contributed by atoms with Crippen LogP contribution in [0.15, 0.2) is 0 Å². The van der Waals surface area contributed by atoms with Crippen molar-refractivity contribution in [2.45, 2.75) is 38.5 Å². The Hall–Kier alpha value is -1.07. The van der Waals surface area contributed by atoms with Gasteiger partial charge in [-0.15, -0.1) is 11.3 Å². The number of nitrogens with one attached hydrogen (secondary N) is 1. The minimum atomic E-state index is 0.235. The third-order valence-corrected chi connectivity index (χ3v) is 5.07. The van der Waals surface area contributed by atoms with Crippen molar-refractivity contribution in [3.63, 3.8) is 0 Å². The first-order chi connectivity index (χ1) is 9.72. The molecule has 1 aromatic rings. The normalized spacial score (nSPS) is 18.2. The highest BCUT2D eigenvalue weighted by molar-refractivity contribution is 7.18. The lowest BCUT2D eigenvalue weighted by Gasteiger charge is -2.07. The lowest BCUT2D eigenvalue weighted by Crippen LogP contribution is -2.09. The fourth-order valence-electron chi connectivity index (χ4n) is 2.46. The number of rotatable bonds is 8. The van der Waals surface area contributed by atoms with E-state index in [-0.39, 0.29) is 11.7 Å². The summed E-state index contributed by atoms with van der Waals surface area (Å²) in [6.45, 7) is 4.18. The first kappa shape index (κ1) is 13.9. The standard InChI is InChI=1S/C15H22N2O2S/c1-2-19-8-7-17-15-11(9-3-4-9)12(16)14(20-15)13(18)10-5-6-10/h9-10,17H,2-8,16H2,1H3. The molecule has 3 rings (SSSR count). The van der Waals surface area contributed by atoms with Crippen LogP contribution in [0.25, 0.3) is 0 Å². The van der Waals surface area contributed by atoms with Gasteiger partial charge in [-0.2, -0.15) is 0 Å². The van der Waals surface area contributed by atoms with Gasteiger partial charge in [-0.05, 0) is 38.5 Å². The number of ether oxygens (including phenoxy) is 1. The van der Waals surface area contributed by atoms with Crippen LogP contribution >= 0.6 is 11.3 Å². The molecular formula is C15H22N2O2S. The van der Waals surface area contributed by atoms with Gasteiger partial charge in [0, 0.05) is 24.6 Å². The molecule has 2 fully saturated rings. The molecule has 2 aliphatic rings. The molecule has 0 amide bonds. The Morgan fingerprint density at radius 1 is 1.40 bits per heavy atom. The summed E-state index contributed by atoms with van der Waals surface area (Å²) in [5, 5.41) is 4.50. The number of thiophene rings is 1. The van der Waals surface area contributed by atoms with Gasteiger partial charge in [0.2, 0.25) is 0 Å². The van der Waals surface area contributed by atoms with E-state index in [2.05, 4.69) is 5.32 Å². The highest BCUT2D eigenvalue weighted by atomic mass is 32.1. The van der Waals surface area contributed by atoms with E-state index < -0.39 is 0 Å². The summed E-state index contributed by atoms with van der Waals surface area (Å²) in [5.41, 5.74) is 8.19. The van der Waals surface area contributed by atoms with Gasteiger partial charge in [-0.3, -0.25) is 4.79 Å². The van der Waals surface area contributed by atoms with Crippen LogP contribution < -0.4 is 11.1 Å². The minimum Gasteiger partial charge on any atom is -0.397 e. The molecule has 5 heteroatoms. The Labute approximate surface area is 123 Å². The average molecular weight is 294 g/mol. The molecule has 2 saturated carbocycles. The van der Waals surface area contributed by atoms with Gasteiger partial charge in [0.25, 0.3) is 0 Å². The molecule has 0 aliphatic heterocycles. The predicted octanol–water partition coefficient (Wildman–Crippen LogP) is 3.25. The summed E-state index contributed by atoms with van der Waals surface area (Å²) in [5.74, 6) is 1.05. The second kappa shape index (κ2) is 5.74. The van der Waals surface area contributed by atoms with Crippen LogP contribution in [0, 0.1) is 5.92 Å². The highest BCUT2D eigenvalue weighted by Crippen LogP contribution is 2.52. The Morgan fingerprint density at radius 3 is 2.75 bits per heavy atom. The molecule has 110 valence electrons. The monoisotopic (exact) mass is 294 g/mol. The van der Waals surface area contributed by atoms with Crippen LogP contribution in [0.4, 0.5) is 10.7 Å². The van der Waals surface area contributed by atoms with Gasteiger partial charge in [0.05, 0.1) is 22.2 Å². The van der Waals surface area contributed by atoms with Crippen molar-refractivity contribution < 1.29 is 9.53 Å². The fraction of sp³-hybridized carbons (Fsp3) is 0.667. The van der Waals surface area contributed by atoms with Crippen LogP contribution in [-0.4, -0.2) is 25.5 Å². The number of carbonyl (C=O) groups excluding carboxylic acids is 1. The molecule has 1 heterocycles. The molecule has 0 spiro atoms. The Balaban J connectivity index is 1.76. The molecule has 20 heavy (non-hydrogen) atoms. The quantitative estimate of drug-likeness (QED) is 0.570. The molecule has 0 aromatic carbocycles. The van der Waals surface area contributed by atoms with Crippen LogP contribution in [-0.2, 0) is 4.74 Å². The van der Waals surface area contributed by atoms with E-state index in [9.17, 15) is 4.79 Å². The van der Waals surface area contributed by atoms with Crippen molar-refractivity contribution in [2.24, 2.45) is 5.92 Å². The molecule has 2 aliphatic carbocycles. The van der Waals surface area contributed by atoms with E-state index in [1.807, 2.05) is 6.92 Å². The van der Waals surface area contributed by atoms with E-state index in [4.69, 9.17) is 10.5 Å². The van der Waals surface area contributed by atoms with Gasteiger partial charge < -0.3 is 15.8 Å². The predicted molar refractivity (Wildman–Crippen MR) is 82.7 cm³/mol. The third-order valence-electron chi connectivity index (χ3n) is 3.88. The molecule has 0 saturated heterocycles. The average Bonchev–Trinajstić information content (AvgIpc) is 3.32. The zero-order valence-corrected chi connectivity index (χ0v) is 12.7. The van der Waals surface area contributed by atoms with E-state index in [0.717, 1.165) is 41.6 Å². The van der Waals surface area contributed by atoms with E-state index in [1.165, 1.54) is 18.4 Å². The highest BCUT2D eigenvalue weighted by Gasteiger charge is 2.37. The molecule has 0 atom stereocenters.